The highest BCUT2D eigenvalue weighted by molar-refractivity contribution is 5.95. The average molecular weight is 399 g/mol. The second-order valence-corrected chi connectivity index (χ2v) is 7.62. The normalized spacial score (nSPS) is 15.9. The molecule has 2 aromatic rings. The fraction of sp³-hybridized carbons (Fsp3) is 0.455. The van der Waals surface area contributed by atoms with Crippen molar-refractivity contribution in [3.8, 4) is 5.75 Å². The van der Waals surface area contributed by atoms with Crippen molar-refractivity contribution in [2.75, 3.05) is 33.3 Å². The second kappa shape index (κ2) is 9.60. The van der Waals surface area contributed by atoms with Crippen LogP contribution in [0.15, 0.2) is 47.1 Å². The number of furan rings is 1. The van der Waals surface area contributed by atoms with Gasteiger partial charge in [-0.3, -0.25) is 14.5 Å². The van der Waals surface area contributed by atoms with Gasteiger partial charge in [0.25, 0.3) is 5.91 Å². The lowest BCUT2D eigenvalue weighted by atomic mass is 10.0. The predicted molar refractivity (Wildman–Crippen MR) is 110 cm³/mol. The molecule has 0 radical (unpaired) electrons. The molecule has 1 fully saturated rings. The van der Waals surface area contributed by atoms with Gasteiger partial charge in [-0.15, -0.1) is 0 Å². The summed E-state index contributed by atoms with van der Waals surface area (Å²) in [5, 5.41) is 2.83. The number of nitrogens with one attached hydrogen (secondary N) is 1. The molecule has 1 aliphatic heterocycles. The first-order valence-corrected chi connectivity index (χ1v) is 9.96. The van der Waals surface area contributed by atoms with Gasteiger partial charge in [0.05, 0.1) is 13.4 Å². The van der Waals surface area contributed by atoms with Crippen LogP contribution in [-0.2, 0) is 11.3 Å². The highest BCUT2D eigenvalue weighted by atomic mass is 16.5. The summed E-state index contributed by atoms with van der Waals surface area (Å²) < 4.78 is 10.3. The van der Waals surface area contributed by atoms with Crippen LogP contribution >= 0.6 is 0 Å². The molecule has 1 aromatic carbocycles. The van der Waals surface area contributed by atoms with E-state index >= 15 is 0 Å². The Balaban J connectivity index is 1.53. The summed E-state index contributed by atoms with van der Waals surface area (Å²) in [6, 6.07) is 10.7. The number of hydrogen-bond acceptors (Lipinski definition) is 5. The minimum absolute atomic E-state index is 0.0151. The van der Waals surface area contributed by atoms with Crippen LogP contribution in [0.4, 0.5) is 0 Å². The van der Waals surface area contributed by atoms with Crippen molar-refractivity contribution in [1.82, 2.24) is 15.1 Å². The molecule has 3 rings (SSSR count). The molecule has 0 aliphatic carbocycles. The molecule has 1 N–H and O–H groups in total. The average Bonchev–Trinajstić information content (AvgIpc) is 3.27. The molecule has 2 heterocycles. The van der Waals surface area contributed by atoms with E-state index in [4.69, 9.17) is 9.15 Å². The molecule has 7 heteroatoms. The first-order chi connectivity index (χ1) is 14.0. The first kappa shape index (κ1) is 20.9. The molecule has 1 atom stereocenters. The monoisotopic (exact) mass is 399 g/mol. The Hall–Kier alpha value is -2.80. The van der Waals surface area contributed by atoms with Gasteiger partial charge in [-0.25, -0.2) is 0 Å². The maximum absolute atomic E-state index is 13.0. The molecule has 0 unspecified atom stereocenters. The van der Waals surface area contributed by atoms with Crippen LogP contribution in [0.5, 0.6) is 5.75 Å². The van der Waals surface area contributed by atoms with Crippen molar-refractivity contribution in [3.05, 3.63) is 54.0 Å². The second-order valence-electron chi connectivity index (χ2n) is 7.62. The number of rotatable bonds is 7. The third kappa shape index (κ3) is 5.38. The van der Waals surface area contributed by atoms with Crippen LogP contribution in [0, 0.1) is 5.92 Å². The predicted octanol–water partition coefficient (Wildman–Crippen LogP) is 2.39. The molecule has 1 aromatic heterocycles. The van der Waals surface area contributed by atoms with Gasteiger partial charge < -0.3 is 19.4 Å². The summed E-state index contributed by atoms with van der Waals surface area (Å²) in [4.78, 5) is 29.5. The van der Waals surface area contributed by atoms with Gasteiger partial charge in [0.15, 0.2) is 5.76 Å². The van der Waals surface area contributed by atoms with E-state index in [1.54, 1.807) is 19.2 Å². The van der Waals surface area contributed by atoms with E-state index in [-0.39, 0.29) is 23.5 Å². The quantitative estimate of drug-likeness (QED) is 0.774. The maximum atomic E-state index is 13.0. The zero-order chi connectivity index (χ0) is 20.8. The highest BCUT2D eigenvalue weighted by Crippen LogP contribution is 2.15. The summed E-state index contributed by atoms with van der Waals surface area (Å²) in [6.07, 6.45) is 1.45. The Morgan fingerprint density at radius 1 is 1.10 bits per heavy atom. The lowest BCUT2D eigenvalue weighted by Crippen LogP contribution is -2.56. The lowest BCUT2D eigenvalue weighted by Gasteiger charge is -2.37. The van der Waals surface area contributed by atoms with Crippen LogP contribution < -0.4 is 10.1 Å². The van der Waals surface area contributed by atoms with Crippen LogP contribution in [0.3, 0.4) is 0 Å². The van der Waals surface area contributed by atoms with Crippen molar-refractivity contribution in [2.24, 2.45) is 5.92 Å². The lowest BCUT2D eigenvalue weighted by molar-refractivity contribution is -0.136. The van der Waals surface area contributed by atoms with Crippen molar-refractivity contribution < 1.29 is 18.7 Å². The molecule has 1 aliphatic rings. The molecule has 0 bridgehead atoms. The van der Waals surface area contributed by atoms with Gasteiger partial charge in [0.1, 0.15) is 11.8 Å². The molecule has 2 amide bonds. The van der Waals surface area contributed by atoms with E-state index in [0.717, 1.165) is 25.4 Å². The maximum Gasteiger partial charge on any atom is 0.287 e. The van der Waals surface area contributed by atoms with Gasteiger partial charge in [0.2, 0.25) is 5.91 Å². The molecule has 0 spiro atoms. The van der Waals surface area contributed by atoms with Crippen molar-refractivity contribution in [1.29, 1.82) is 0 Å². The van der Waals surface area contributed by atoms with Gasteiger partial charge in [-0.05, 0) is 35.7 Å². The molecular formula is C22H29N3O4. The summed E-state index contributed by atoms with van der Waals surface area (Å²) in [5.41, 5.74) is 1.22. The molecule has 0 saturated carbocycles. The van der Waals surface area contributed by atoms with Crippen LogP contribution in [0.2, 0.25) is 0 Å². The minimum atomic E-state index is -0.569. The van der Waals surface area contributed by atoms with E-state index in [1.807, 2.05) is 30.9 Å². The standard InChI is InChI=1S/C22H29N3O4/c1-16(2)20(23-21(26)19-5-4-14-29-19)22(27)25-12-10-24(11-13-25)15-17-6-8-18(28-3)9-7-17/h4-9,14,16,20H,10-13,15H2,1-3H3,(H,23,26)/t20-/m0/s1. The third-order valence-corrected chi connectivity index (χ3v) is 5.21. The Morgan fingerprint density at radius 3 is 2.34 bits per heavy atom. The van der Waals surface area contributed by atoms with E-state index in [0.29, 0.717) is 13.1 Å². The number of piperazine rings is 1. The fourth-order valence-corrected chi connectivity index (χ4v) is 3.45. The van der Waals surface area contributed by atoms with Gasteiger partial charge >= 0.3 is 0 Å². The third-order valence-electron chi connectivity index (χ3n) is 5.21. The number of carbonyl (C=O) groups is 2. The van der Waals surface area contributed by atoms with Crippen LogP contribution in [-0.4, -0.2) is 60.9 Å². The Morgan fingerprint density at radius 2 is 1.79 bits per heavy atom. The SMILES string of the molecule is COc1ccc(CN2CCN(C(=O)[C@@H](NC(=O)c3ccco3)C(C)C)CC2)cc1. The topological polar surface area (TPSA) is 75.0 Å². The number of benzene rings is 1. The fourth-order valence-electron chi connectivity index (χ4n) is 3.45. The van der Waals surface area contributed by atoms with E-state index < -0.39 is 6.04 Å². The highest BCUT2D eigenvalue weighted by Gasteiger charge is 2.31. The zero-order valence-electron chi connectivity index (χ0n) is 17.3. The number of nitrogens with zero attached hydrogens (tertiary/aromatic N) is 2. The Kier molecular flexibility index (Phi) is 6.93. The van der Waals surface area contributed by atoms with Crippen LogP contribution in [0.1, 0.15) is 30.0 Å². The van der Waals surface area contributed by atoms with E-state index in [2.05, 4.69) is 22.3 Å². The van der Waals surface area contributed by atoms with Gasteiger partial charge in [0, 0.05) is 32.7 Å². The summed E-state index contributed by atoms with van der Waals surface area (Å²) >= 11 is 0. The molecule has 29 heavy (non-hydrogen) atoms. The zero-order valence-corrected chi connectivity index (χ0v) is 17.3. The Labute approximate surface area is 171 Å². The number of hydrogen-bond donors (Lipinski definition) is 1. The molecular weight excluding hydrogens is 370 g/mol. The largest absolute Gasteiger partial charge is 0.497 e. The smallest absolute Gasteiger partial charge is 0.287 e. The van der Waals surface area contributed by atoms with E-state index in [1.165, 1.54) is 11.8 Å². The Bertz CT molecular complexity index is 794. The summed E-state index contributed by atoms with van der Waals surface area (Å²) in [7, 11) is 1.66. The number of methoxy groups -OCH3 is 1. The van der Waals surface area contributed by atoms with E-state index in [9.17, 15) is 9.59 Å². The van der Waals surface area contributed by atoms with Crippen molar-refractivity contribution in [2.45, 2.75) is 26.4 Å². The number of amides is 2. The first-order valence-electron chi connectivity index (χ1n) is 9.96. The molecule has 7 nitrogen and oxygen atoms in total. The molecule has 156 valence electrons. The number of carbonyl (C=O) groups excluding carboxylic acids is 2. The number of ether oxygens (including phenoxy) is 1. The molecule has 1 saturated heterocycles. The summed E-state index contributed by atoms with van der Waals surface area (Å²) in [6.45, 7) is 7.61. The van der Waals surface area contributed by atoms with Crippen molar-refractivity contribution >= 4 is 11.8 Å². The minimum Gasteiger partial charge on any atom is -0.497 e. The van der Waals surface area contributed by atoms with Crippen molar-refractivity contribution in [3.63, 3.8) is 0 Å². The van der Waals surface area contributed by atoms with Crippen LogP contribution in [0.25, 0.3) is 0 Å². The van der Waals surface area contributed by atoms with Gasteiger partial charge in [-0.2, -0.15) is 0 Å². The van der Waals surface area contributed by atoms with Gasteiger partial charge in [-0.1, -0.05) is 26.0 Å². The summed E-state index contributed by atoms with van der Waals surface area (Å²) in [5.74, 6) is 0.649.